The molecule has 106 valence electrons. The standard InChI is InChI=1S/C14H12ClN5O/c15-14-19-12-11(16-7-17-12)13(20-14)18-9-5-6-21-10-4-2-1-3-8(9)10/h1-4,7,9H,5-6H2,(H2,16,17,18,19,20). The summed E-state index contributed by atoms with van der Waals surface area (Å²) in [4.78, 5) is 15.5. The molecule has 0 saturated carbocycles. The Labute approximate surface area is 125 Å². The number of hydrogen-bond donors (Lipinski definition) is 2. The second kappa shape index (κ2) is 4.89. The van der Waals surface area contributed by atoms with Crippen molar-refractivity contribution in [3.8, 4) is 5.75 Å². The molecule has 0 radical (unpaired) electrons. The number of nitrogens with zero attached hydrogens (tertiary/aromatic N) is 3. The van der Waals surface area contributed by atoms with Crippen molar-refractivity contribution in [2.45, 2.75) is 12.5 Å². The number of ether oxygens (including phenoxy) is 1. The third-order valence-electron chi connectivity index (χ3n) is 3.53. The average molecular weight is 302 g/mol. The molecule has 1 atom stereocenters. The van der Waals surface area contributed by atoms with E-state index < -0.39 is 0 Å². The van der Waals surface area contributed by atoms with E-state index in [9.17, 15) is 0 Å². The number of imidazole rings is 1. The van der Waals surface area contributed by atoms with E-state index >= 15 is 0 Å². The Hall–Kier alpha value is -2.34. The lowest BCUT2D eigenvalue weighted by molar-refractivity contribution is 0.274. The number of para-hydroxylation sites is 1. The molecule has 0 bridgehead atoms. The molecule has 1 unspecified atom stereocenters. The number of H-pyrrole nitrogens is 1. The summed E-state index contributed by atoms with van der Waals surface area (Å²) in [6.45, 7) is 0.666. The molecule has 1 aromatic carbocycles. The van der Waals surface area contributed by atoms with Crippen molar-refractivity contribution >= 4 is 28.6 Å². The van der Waals surface area contributed by atoms with Crippen LogP contribution in [-0.4, -0.2) is 26.5 Å². The normalized spacial score (nSPS) is 17.3. The second-order valence-electron chi connectivity index (χ2n) is 4.81. The van der Waals surface area contributed by atoms with Crippen molar-refractivity contribution in [1.82, 2.24) is 19.9 Å². The Balaban J connectivity index is 1.74. The van der Waals surface area contributed by atoms with E-state index in [2.05, 4.69) is 31.3 Å². The Morgan fingerprint density at radius 3 is 3.14 bits per heavy atom. The highest BCUT2D eigenvalue weighted by atomic mass is 35.5. The van der Waals surface area contributed by atoms with Gasteiger partial charge in [-0.2, -0.15) is 9.97 Å². The monoisotopic (exact) mass is 301 g/mol. The van der Waals surface area contributed by atoms with Gasteiger partial charge in [0.05, 0.1) is 19.0 Å². The molecule has 7 heteroatoms. The first-order valence-electron chi connectivity index (χ1n) is 6.66. The largest absolute Gasteiger partial charge is 0.493 e. The highest BCUT2D eigenvalue weighted by Crippen LogP contribution is 2.34. The molecule has 1 aliphatic heterocycles. The molecular formula is C14H12ClN5O. The first kappa shape index (κ1) is 12.4. The number of hydrogen-bond acceptors (Lipinski definition) is 5. The number of nitrogens with one attached hydrogen (secondary N) is 2. The minimum Gasteiger partial charge on any atom is -0.493 e. The van der Waals surface area contributed by atoms with Crippen LogP contribution in [0.25, 0.3) is 11.2 Å². The highest BCUT2D eigenvalue weighted by Gasteiger charge is 2.22. The van der Waals surface area contributed by atoms with Gasteiger partial charge in [-0.25, -0.2) is 4.98 Å². The van der Waals surface area contributed by atoms with E-state index in [1.54, 1.807) is 6.33 Å². The van der Waals surface area contributed by atoms with Gasteiger partial charge in [0.25, 0.3) is 0 Å². The predicted molar refractivity (Wildman–Crippen MR) is 79.6 cm³/mol. The van der Waals surface area contributed by atoms with Gasteiger partial charge in [-0.1, -0.05) is 18.2 Å². The molecule has 0 aliphatic carbocycles. The van der Waals surface area contributed by atoms with Gasteiger partial charge in [0.15, 0.2) is 11.5 Å². The molecular weight excluding hydrogens is 290 g/mol. The van der Waals surface area contributed by atoms with Crippen molar-refractivity contribution in [1.29, 1.82) is 0 Å². The fourth-order valence-corrected chi connectivity index (χ4v) is 2.73. The molecule has 6 nitrogen and oxygen atoms in total. The van der Waals surface area contributed by atoms with Gasteiger partial charge >= 0.3 is 0 Å². The zero-order chi connectivity index (χ0) is 14.2. The number of fused-ring (bicyclic) bond motifs is 2. The Morgan fingerprint density at radius 2 is 2.19 bits per heavy atom. The van der Waals surface area contributed by atoms with E-state index in [0.29, 0.717) is 18.1 Å². The van der Waals surface area contributed by atoms with Gasteiger partial charge in [-0.3, -0.25) is 0 Å². The summed E-state index contributed by atoms with van der Waals surface area (Å²) in [7, 11) is 0. The van der Waals surface area contributed by atoms with Crippen LogP contribution in [0.2, 0.25) is 5.28 Å². The molecule has 3 aromatic rings. The maximum atomic E-state index is 5.96. The van der Waals surface area contributed by atoms with Crippen LogP contribution in [0.15, 0.2) is 30.6 Å². The van der Waals surface area contributed by atoms with Crippen LogP contribution in [-0.2, 0) is 0 Å². The number of aromatic amines is 1. The highest BCUT2D eigenvalue weighted by molar-refractivity contribution is 6.28. The minimum absolute atomic E-state index is 0.118. The van der Waals surface area contributed by atoms with Crippen LogP contribution >= 0.6 is 11.6 Å². The van der Waals surface area contributed by atoms with Gasteiger partial charge in [0.2, 0.25) is 5.28 Å². The molecule has 0 fully saturated rings. The summed E-state index contributed by atoms with van der Waals surface area (Å²) in [6, 6.07) is 8.12. The van der Waals surface area contributed by atoms with Gasteiger partial charge in [-0.15, -0.1) is 0 Å². The molecule has 1 aliphatic rings. The first-order chi connectivity index (χ1) is 10.3. The first-order valence-corrected chi connectivity index (χ1v) is 7.04. The fraction of sp³-hybridized carbons (Fsp3) is 0.214. The maximum absolute atomic E-state index is 5.96. The lowest BCUT2D eigenvalue weighted by Gasteiger charge is -2.27. The van der Waals surface area contributed by atoms with E-state index in [1.165, 1.54) is 0 Å². The van der Waals surface area contributed by atoms with Gasteiger partial charge < -0.3 is 15.0 Å². The molecule has 0 saturated heterocycles. The minimum atomic E-state index is 0.118. The molecule has 3 heterocycles. The van der Waals surface area contributed by atoms with E-state index in [4.69, 9.17) is 16.3 Å². The summed E-state index contributed by atoms with van der Waals surface area (Å²) < 4.78 is 5.67. The Bertz CT molecular complexity index is 803. The van der Waals surface area contributed by atoms with Gasteiger partial charge in [0, 0.05) is 12.0 Å². The Kier molecular flexibility index (Phi) is 2.89. The second-order valence-corrected chi connectivity index (χ2v) is 5.15. The summed E-state index contributed by atoms with van der Waals surface area (Å²) in [5, 5.41) is 3.60. The van der Waals surface area contributed by atoms with Crippen molar-refractivity contribution in [2.24, 2.45) is 0 Å². The average Bonchev–Trinajstić information content (AvgIpc) is 2.96. The van der Waals surface area contributed by atoms with Crippen molar-refractivity contribution in [2.75, 3.05) is 11.9 Å². The smallest absolute Gasteiger partial charge is 0.226 e. The van der Waals surface area contributed by atoms with Gasteiger partial charge in [-0.05, 0) is 17.7 Å². The third kappa shape index (κ3) is 2.17. The SMILES string of the molecule is Clc1nc(NC2CCOc3ccccc32)c2[nH]cnc2n1. The zero-order valence-electron chi connectivity index (χ0n) is 11.0. The quantitative estimate of drug-likeness (QED) is 0.712. The number of halogens is 1. The number of benzene rings is 1. The lowest BCUT2D eigenvalue weighted by atomic mass is 10.0. The topological polar surface area (TPSA) is 75.7 Å². The molecule has 0 spiro atoms. The van der Waals surface area contributed by atoms with Crippen molar-refractivity contribution in [3.05, 3.63) is 41.4 Å². The molecule has 2 aromatic heterocycles. The van der Waals surface area contributed by atoms with Crippen LogP contribution in [0, 0.1) is 0 Å². The Morgan fingerprint density at radius 1 is 1.29 bits per heavy atom. The summed E-state index contributed by atoms with van der Waals surface area (Å²) in [5.74, 6) is 1.56. The van der Waals surface area contributed by atoms with Crippen molar-refractivity contribution < 1.29 is 4.74 Å². The van der Waals surface area contributed by atoms with E-state index in [1.807, 2.05) is 18.2 Å². The van der Waals surface area contributed by atoms with Crippen LogP contribution in [0.5, 0.6) is 5.75 Å². The lowest BCUT2D eigenvalue weighted by Crippen LogP contribution is -2.21. The summed E-state index contributed by atoms with van der Waals surface area (Å²) in [5.41, 5.74) is 2.42. The van der Waals surface area contributed by atoms with Crippen molar-refractivity contribution in [3.63, 3.8) is 0 Å². The fourth-order valence-electron chi connectivity index (χ4n) is 2.57. The third-order valence-corrected chi connectivity index (χ3v) is 3.70. The summed E-state index contributed by atoms with van der Waals surface area (Å²) >= 11 is 5.96. The molecule has 0 amide bonds. The zero-order valence-corrected chi connectivity index (χ0v) is 11.8. The van der Waals surface area contributed by atoms with Gasteiger partial charge in [0.1, 0.15) is 11.3 Å². The van der Waals surface area contributed by atoms with Crippen LogP contribution < -0.4 is 10.1 Å². The number of anilines is 1. The van der Waals surface area contributed by atoms with Crippen LogP contribution in [0.4, 0.5) is 5.82 Å². The van der Waals surface area contributed by atoms with Crippen LogP contribution in [0.3, 0.4) is 0 Å². The van der Waals surface area contributed by atoms with E-state index in [0.717, 1.165) is 23.3 Å². The molecule has 4 rings (SSSR count). The van der Waals surface area contributed by atoms with E-state index in [-0.39, 0.29) is 11.3 Å². The number of aromatic nitrogens is 4. The molecule has 2 N–H and O–H groups in total. The predicted octanol–water partition coefficient (Wildman–Crippen LogP) is 2.94. The maximum Gasteiger partial charge on any atom is 0.226 e. The summed E-state index contributed by atoms with van der Waals surface area (Å²) in [6.07, 6.45) is 2.44. The van der Waals surface area contributed by atoms with Crippen LogP contribution in [0.1, 0.15) is 18.0 Å². The number of rotatable bonds is 2. The molecule has 21 heavy (non-hydrogen) atoms.